The van der Waals surface area contributed by atoms with Crippen LogP contribution in [0.15, 0.2) is 12.1 Å². The molecule has 0 aromatic heterocycles. The third-order valence-corrected chi connectivity index (χ3v) is 2.62. The number of ketones is 1. The Kier molecular flexibility index (Phi) is 3.84. The van der Waals surface area contributed by atoms with Gasteiger partial charge in [-0.15, -0.1) is 0 Å². The largest absolute Gasteiger partial charge is 0.496 e. The van der Waals surface area contributed by atoms with Crippen LogP contribution >= 0.6 is 24.2 Å². The first-order valence-electron chi connectivity index (χ1n) is 4.08. The molecule has 0 heterocycles. The van der Waals surface area contributed by atoms with Gasteiger partial charge >= 0.3 is 0 Å². The molecule has 0 bridgehead atoms. The molecule has 1 aromatic rings. The van der Waals surface area contributed by atoms with Crippen LogP contribution < -0.4 is 4.74 Å². The molecule has 2 nitrogen and oxygen atoms in total. The van der Waals surface area contributed by atoms with E-state index in [1.165, 1.54) is 7.11 Å². The quantitative estimate of drug-likeness (QED) is 0.639. The molecule has 0 atom stereocenters. The minimum Gasteiger partial charge on any atom is -0.496 e. The van der Waals surface area contributed by atoms with E-state index >= 15 is 0 Å². The van der Waals surface area contributed by atoms with E-state index in [1.54, 1.807) is 12.1 Å². The van der Waals surface area contributed by atoms with Crippen LogP contribution in [0.1, 0.15) is 15.9 Å². The van der Waals surface area contributed by atoms with Gasteiger partial charge in [0.05, 0.1) is 18.4 Å². The molecule has 0 amide bonds. The number of halogens is 1. The van der Waals surface area contributed by atoms with Gasteiger partial charge < -0.3 is 4.74 Å². The van der Waals surface area contributed by atoms with Crippen molar-refractivity contribution in [3.8, 4) is 5.75 Å². The Morgan fingerprint density at radius 2 is 2.21 bits per heavy atom. The molecule has 0 unspecified atom stereocenters. The average Bonchev–Trinajstić information content (AvgIpc) is 2.20. The summed E-state index contributed by atoms with van der Waals surface area (Å²) in [5, 5.41) is 0.566. The number of hydrogen-bond acceptors (Lipinski definition) is 3. The van der Waals surface area contributed by atoms with Gasteiger partial charge in [-0.25, -0.2) is 0 Å². The normalized spacial score (nSPS) is 10.0. The third-order valence-electron chi connectivity index (χ3n) is 1.92. The Labute approximate surface area is 93.6 Å². The second kappa shape index (κ2) is 4.71. The maximum absolute atomic E-state index is 11.4. The molecular weight excluding hydrogens is 220 g/mol. The number of carbonyl (C=O) groups excluding carboxylic acids is 1. The summed E-state index contributed by atoms with van der Waals surface area (Å²) in [5.74, 6) is 0.605. The minimum atomic E-state index is -0.0907. The molecule has 0 saturated heterocycles. The van der Waals surface area contributed by atoms with Crippen LogP contribution in [0.25, 0.3) is 0 Å². The molecule has 0 radical (unpaired) electrons. The molecule has 0 aliphatic heterocycles. The maximum Gasteiger partial charge on any atom is 0.176 e. The summed E-state index contributed by atoms with van der Waals surface area (Å²) in [7, 11) is 1.53. The summed E-state index contributed by atoms with van der Waals surface area (Å²) in [5.41, 5.74) is 1.37. The number of rotatable bonds is 3. The van der Waals surface area contributed by atoms with E-state index in [0.717, 1.165) is 5.56 Å². The molecule has 1 rings (SSSR count). The van der Waals surface area contributed by atoms with Crippen LogP contribution in [-0.2, 0) is 0 Å². The van der Waals surface area contributed by atoms with Gasteiger partial charge in [0.15, 0.2) is 5.78 Å². The summed E-state index contributed by atoms with van der Waals surface area (Å²) in [4.78, 5) is 11.4. The van der Waals surface area contributed by atoms with Crippen LogP contribution in [0.4, 0.5) is 0 Å². The Hall–Kier alpha value is -0.670. The standard InChI is InChI=1S/C10H11ClO2S/c1-6-3-10(13-2)7(4-8(6)11)9(12)5-14/h3-4,14H,5H2,1-2H3. The van der Waals surface area contributed by atoms with Crippen molar-refractivity contribution in [1.29, 1.82) is 0 Å². The minimum absolute atomic E-state index is 0.0907. The van der Waals surface area contributed by atoms with Crippen molar-refractivity contribution in [1.82, 2.24) is 0 Å². The zero-order valence-electron chi connectivity index (χ0n) is 8.00. The molecule has 0 saturated carbocycles. The van der Waals surface area contributed by atoms with Crippen LogP contribution in [0, 0.1) is 6.92 Å². The summed E-state index contributed by atoms with van der Waals surface area (Å²) in [6.45, 7) is 1.86. The molecule has 0 spiro atoms. The van der Waals surface area contributed by atoms with Gasteiger partial charge in [-0.1, -0.05) is 11.6 Å². The van der Waals surface area contributed by atoms with Crippen molar-refractivity contribution in [3.63, 3.8) is 0 Å². The highest BCUT2D eigenvalue weighted by molar-refractivity contribution is 7.81. The molecule has 14 heavy (non-hydrogen) atoms. The summed E-state index contributed by atoms with van der Waals surface area (Å²) < 4.78 is 5.09. The smallest absolute Gasteiger partial charge is 0.176 e. The first-order valence-corrected chi connectivity index (χ1v) is 5.09. The predicted octanol–water partition coefficient (Wildman–Crippen LogP) is 2.77. The zero-order valence-corrected chi connectivity index (χ0v) is 9.65. The molecule has 0 fully saturated rings. The highest BCUT2D eigenvalue weighted by atomic mass is 35.5. The van der Waals surface area contributed by atoms with Crippen LogP contribution in [0.5, 0.6) is 5.75 Å². The highest BCUT2D eigenvalue weighted by Crippen LogP contribution is 2.26. The Morgan fingerprint density at radius 3 is 2.71 bits per heavy atom. The van der Waals surface area contributed by atoms with Gasteiger partial charge in [-0.2, -0.15) is 12.6 Å². The van der Waals surface area contributed by atoms with Crippen LogP contribution in [-0.4, -0.2) is 18.6 Å². The summed E-state index contributed by atoms with van der Waals surface area (Å²) >= 11 is 9.84. The van der Waals surface area contributed by atoms with Crippen molar-refractivity contribution in [2.24, 2.45) is 0 Å². The lowest BCUT2D eigenvalue weighted by atomic mass is 10.1. The Bertz CT molecular complexity index is 363. The fourth-order valence-corrected chi connectivity index (χ4v) is 1.46. The molecule has 76 valence electrons. The lowest BCUT2D eigenvalue weighted by molar-refractivity contribution is 0.102. The van der Waals surface area contributed by atoms with Crippen LogP contribution in [0.2, 0.25) is 5.02 Å². The van der Waals surface area contributed by atoms with Crippen molar-refractivity contribution in [3.05, 3.63) is 28.3 Å². The van der Waals surface area contributed by atoms with Gasteiger partial charge in [-0.05, 0) is 24.6 Å². The average molecular weight is 231 g/mol. The number of methoxy groups -OCH3 is 1. The molecule has 1 aromatic carbocycles. The van der Waals surface area contributed by atoms with Gasteiger partial charge in [0, 0.05) is 5.02 Å². The highest BCUT2D eigenvalue weighted by Gasteiger charge is 2.12. The number of ether oxygens (including phenoxy) is 1. The third kappa shape index (κ3) is 2.22. The fourth-order valence-electron chi connectivity index (χ4n) is 1.13. The first-order chi connectivity index (χ1) is 6.60. The molecule has 4 heteroatoms. The Balaban J connectivity index is 3.27. The Morgan fingerprint density at radius 1 is 1.57 bits per heavy atom. The number of carbonyl (C=O) groups is 1. The van der Waals surface area contributed by atoms with Gasteiger partial charge in [-0.3, -0.25) is 4.79 Å². The summed E-state index contributed by atoms with van der Waals surface area (Å²) in [6.07, 6.45) is 0. The molecular formula is C10H11ClO2S. The topological polar surface area (TPSA) is 26.3 Å². The van der Waals surface area contributed by atoms with E-state index in [0.29, 0.717) is 16.3 Å². The van der Waals surface area contributed by atoms with E-state index in [4.69, 9.17) is 16.3 Å². The van der Waals surface area contributed by atoms with Gasteiger partial charge in [0.25, 0.3) is 0 Å². The second-order valence-corrected chi connectivity index (χ2v) is 3.61. The van der Waals surface area contributed by atoms with E-state index in [2.05, 4.69) is 12.6 Å². The number of aryl methyl sites for hydroxylation is 1. The second-order valence-electron chi connectivity index (χ2n) is 2.88. The first kappa shape index (κ1) is 11.4. The predicted molar refractivity (Wildman–Crippen MR) is 60.9 cm³/mol. The monoisotopic (exact) mass is 230 g/mol. The van der Waals surface area contributed by atoms with Crippen molar-refractivity contribution in [2.45, 2.75) is 6.92 Å². The lowest BCUT2D eigenvalue weighted by Crippen LogP contribution is -2.04. The van der Waals surface area contributed by atoms with Crippen molar-refractivity contribution in [2.75, 3.05) is 12.9 Å². The molecule has 0 aliphatic carbocycles. The number of Topliss-reactive ketones (excluding diaryl/α,β-unsaturated/α-hetero) is 1. The molecule has 0 aliphatic rings. The number of benzene rings is 1. The van der Waals surface area contributed by atoms with E-state index in [-0.39, 0.29) is 11.5 Å². The van der Waals surface area contributed by atoms with E-state index in [1.807, 2.05) is 6.92 Å². The summed E-state index contributed by atoms with van der Waals surface area (Å²) in [6, 6.07) is 3.37. The van der Waals surface area contributed by atoms with Crippen molar-refractivity contribution < 1.29 is 9.53 Å². The van der Waals surface area contributed by atoms with E-state index < -0.39 is 0 Å². The van der Waals surface area contributed by atoms with Gasteiger partial charge in [0.1, 0.15) is 5.75 Å². The molecule has 0 N–H and O–H groups in total. The van der Waals surface area contributed by atoms with E-state index in [9.17, 15) is 4.79 Å². The van der Waals surface area contributed by atoms with Crippen LogP contribution in [0.3, 0.4) is 0 Å². The number of hydrogen-bond donors (Lipinski definition) is 1. The lowest BCUT2D eigenvalue weighted by Gasteiger charge is -2.08. The SMILES string of the molecule is COc1cc(C)c(Cl)cc1C(=O)CS. The number of thiol groups is 1. The van der Waals surface area contributed by atoms with Gasteiger partial charge in [0.2, 0.25) is 0 Å². The zero-order chi connectivity index (χ0) is 10.7. The van der Waals surface area contributed by atoms with Crippen molar-refractivity contribution >= 4 is 30.0 Å². The fraction of sp³-hybridized carbons (Fsp3) is 0.300. The maximum atomic E-state index is 11.4.